The summed E-state index contributed by atoms with van der Waals surface area (Å²) in [7, 11) is -3.05. The number of esters is 1. The minimum atomic E-state index is -1.67. The SMILES string of the molecule is C=C(C)C(=O)OC[Si]C(O[Si](C)(C)C)O[Si](C)(C)C. The zero-order chi connectivity index (χ0) is 15.3. The monoisotopic (exact) mass is 318 g/mol. The Morgan fingerprint density at radius 1 is 1.11 bits per heavy atom. The molecule has 0 heterocycles. The Hall–Kier alpha value is -0.219. The summed E-state index contributed by atoms with van der Waals surface area (Å²) in [5.41, 5.74) is 0.415. The predicted octanol–water partition coefficient (Wildman–Crippen LogP) is 2.75. The van der Waals surface area contributed by atoms with Crippen LogP contribution in [0.5, 0.6) is 0 Å². The average molecular weight is 319 g/mol. The molecule has 0 aliphatic carbocycles. The van der Waals surface area contributed by atoms with Gasteiger partial charge in [-0.3, -0.25) is 0 Å². The number of carbonyl (C=O) groups excluding carboxylic acids is 1. The molecule has 4 nitrogen and oxygen atoms in total. The van der Waals surface area contributed by atoms with E-state index in [1.54, 1.807) is 6.92 Å². The Kier molecular flexibility index (Phi) is 7.45. The summed E-state index contributed by atoms with van der Waals surface area (Å²) in [4.78, 5) is 11.3. The number of carbonyl (C=O) groups is 1. The third kappa shape index (κ3) is 11.3. The third-order valence-corrected chi connectivity index (χ3v) is 4.92. The zero-order valence-electron chi connectivity index (χ0n) is 13.1. The molecule has 0 atom stereocenters. The van der Waals surface area contributed by atoms with Crippen LogP contribution < -0.4 is 0 Å². The van der Waals surface area contributed by atoms with Crippen molar-refractivity contribution in [2.45, 2.75) is 52.1 Å². The molecule has 0 aliphatic rings. The van der Waals surface area contributed by atoms with E-state index in [2.05, 4.69) is 45.9 Å². The fourth-order valence-electron chi connectivity index (χ4n) is 1.05. The van der Waals surface area contributed by atoms with Crippen molar-refractivity contribution in [3.63, 3.8) is 0 Å². The van der Waals surface area contributed by atoms with Crippen LogP contribution in [0.15, 0.2) is 12.2 Å². The summed E-state index contributed by atoms with van der Waals surface area (Å²) in [6.07, 6.45) is 0.325. The number of hydrogen-bond acceptors (Lipinski definition) is 4. The maximum Gasteiger partial charge on any atom is 0.332 e. The molecule has 0 unspecified atom stereocenters. The van der Waals surface area contributed by atoms with Gasteiger partial charge in [-0.15, -0.1) is 0 Å². The van der Waals surface area contributed by atoms with Gasteiger partial charge in [-0.2, -0.15) is 0 Å². The molecule has 0 saturated carbocycles. The molecule has 19 heavy (non-hydrogen) atoms. The highest BCUT2D eigenvalue weighted by Gasteiger charge is 2.27. The molecular formula is C12H26O4Si3. The van der Waals surface area contributed by atoms with Gasteiger partial charge in [0.15, 0.2) is 26.2 Å². The molecule has 0 rings (SSSR count). The van der Waals surface area contributed by atoms with Gasteiger partial charge in [0, 0.05) is 5.57 Å². The molecule has 0 saturated heterocycles. The second-order valence-corrected chi connectivity index (χ2v) is 16.4. The van der Waals surface area contributed by atoms with Crippen LogP contribution in [0.1, 0.15) is 6.92 Å². The van der Waals surface area contributed by atoms with Crippen molar-refractivity contribution in [1.29, 1.82) is 0 Å². The molecule has 110 valence electrons. The normalized spacial score (nSPS) is 12.6. The van der Waals surface area contributed by atoms with Crippen molar-refractivity contribution in [1.82, 2.24) is 0 Å². The summed E-state index contributed by atoms with van der Waals surface area (Å²) in [6, 6.07) is 0. The van der Waals surface area contributed by atoms with E-state index >= 15 is 0 Å². The van der Waals surface area contributed by atoms with Gasteiger partial charge in [-0.25, -0.2) is 4.79 Å². The first kappa shape index (κ1) is 18.8. The van der Waals surface area contributed by atoms with E-state index in [4.69, 9.17) is 13.6 Å². The summed E-state index contributed by atoms with van der Waals surface area (Å²) >= 11 is 0. The minimum absolute atomic E-state index is 0.253. The lowest BCUT2D eigenvalue weighted by molar-refractivity contribution is -0.137. The van der Waals surface area contributed by atoms with Gasteiger partial charge in [0.2, 0.25) is 0 Å². The van der Waals surface area contributed by atoms with E-state index in [9.17, 15) is 4.79 Å². The molecule has 0 aromatic heterocycles. The first-order valence-electron chi connectivity index (χ1n) is 6.32. The molecule has 0 aliphatic heterocycles. The molecule has 0 bridgehead atoms. The molecule has 7 heteroatoms. The first-order chi connectivity index (χ1) is 8.41. The van der Waals surface area contributed by atoms with Crippen molar-refractivity contribution in [2.24, 2.45) is 0 Å². The van der Waals surface area contributed by atoms with Crippen molar-refractivity contribution in [2.75, 3.05) is 6.23 Å². The van der Waals surface area contributed by atoms with Crippen molar-refractivity contribution < 1.29 is 18.4 Å². The third-order valence-electron chi connectivity index (χ3n) is 1.72. The number of hydrogen-bond donors (Lipinski definition) is 0. The number of ether oxygens (including phenoxy) is 1. The Bertz CT molecular complexity index is 302. The fraction of sp³-hybridized carbons (Fsp3) is 0.750. The molecule has 0 fully saturated rings. The van der Waals surface area contributed by atoms with Crippen LogP contribution in [-0.4, -0.2) is 44.3 Å². The average Bonchev–Trinajstić information content (AvgIpc) is 2.11. The Morgan fingerprint density at radius 3 is 1.84 bits per heavy atom. The van der Waals surface area contributed by atoms with Crippen LogP contribution in [0, 0.1) is 0 Å². The van der Waals surface area contributed by atoms with E-state index in [1.807, 2.05) is 0 Å². The van der Waals surface area contributed by atoms with E-state index in [1.165, 1.54) is 0 Å². The largest absolute Gasteiger partial charge is 0.466 e. The molecule has 0 N–H and O–H groups in total. The highest BCUT2D eigenvalue weighted by atomic mass is 28.4. The Labute approximate surface area is 121 Å². The topological polar surface area (TPSA) is 44.8 Å². The molecule has 2 radical (unpaired) electrons. The number of rotatable bonds is 8. The maximum absolute atomic E-state index is 11.3. The Balaban J connectivity index is 4.35. The molecular weight excluding hydrogens is 292 g/mol. The summed E-state index contributed by atoms with van der Waals surface area (Å²) in [5.74, 6) is -0.608. The van der Waals surface area contributed by atoms with Crippen LogP contribution in [-0.2, 0) is 18.4 Å². The molecule has 0 amide bonds. The van der Waals surface area contributed by atoms with Crippen LogP contribution >= 0.6 is 0 Å². The summed E-state index contributed by atoms with van der Waals surface area (Å²) < 4.78 is 17.1. The van der Waals surface area contributed by atoms with Gasteiger partial charge in [-0.1, -0.05) is 6.58 Å². The smallest absolute Gasteiger partial charge is 0.332 e. The van der Waals surface area contributed by atoms with Gasteiger partial charge in [0.1, 0.15) is 5.91 Å². The van der Waals surface area contributed by atoms with Gasteiger partial charge in [0.25, 0.3) is 0 Å². The van der Waals surface area contributed by atoms with Crippen LogP contribution in [0.4, 0.5) is 0 Å². The van der Waals surface area contributed by atoms with E-state index in [0.717, 1.165) is 0 Å². The second kappa shape index (κ2) is 7.53. The van der Waals surface area contributed by atoms with Crippen molar-refractivity contribution >= 4 is 32.1 Å². The quantitative estimate of drug-likeness (QED) is 0.299. The van der Waals surface area contributed by atoms with Crippen LogP contribution in [0.3, 0.4) is 0 Å². The minimum Gasteiger partial charge on any atom is -0.466 e. The lowest BCUT2D eigenvalue weighted by atomic mass is 10.4. The lowest BCUT2D eigenvalue weighted by Gasteiger charge is -2.31. The predicted molar refractivity (Wildman–Crippen MR) is 84.2 cm³/mol. The van der Waals surface area contributed by atoms with Gasteiger partial charge in [-0.05, 0) is 46.2 Å². The molecule has 0 aromatic carbocycles. The van der Waals surface area contributed by atoms with Gasteiger partial charge >= 0.3 is 5.97 Å². The van der Waals surface area contributed by atoms with Gasteiger partial charge < -0.3 is 13.6 Å². The van der Waals surface area contributed by atoms with Crippen LogP contribution in [0.25, 0.3) is 0 Å². The highest BCUT2D eigenvalue weighted by molar-refractivity contribution is 6.71. The zero-order valence-corrected chi connectivity index (χ0v) is 16.1. The Morgan fingerprint density at radius 2 is 1.53 bits per heavy atom. The van der Waals surface area contributed by atoms with Gasteiger partial charge in [0.05, 0.1) is 6.23 Å². The van der Waals surface area contributed by atoms with E-state index in [-0.39, 0.29) is 11.9 Å². The highest BCUT2D eigenvalue weighted by Crippen LogP contribution is 2.13. The van der Waals surface area contributed by atoms with E-state index < -0.39 is 16.6 Å². The van der Waals surface area contributed by atoms with Crippen molar-refractivity contribution in [3.8, 4) is 0 Å². The van der Waals surface area contributed by atoms with Crippen molar-refractivity contribution in [3.05, 3.63) is 12.2 Å². The first-order valence-corrected chi connectivity index (χ1v) is 14.4. The fourth-order valence-corrected chi connectivity index (χ4v) is 5.66. The van der Waals surface area contributed by atoms with E-state index in [0.29, 0.717) is 21.3 Å². The van der Waals surface area contributed by atoms with Crippen LogP contribution in [0.2, 0.25) is 39.3 Å². The standard InChI is InChI=1S/C12H26O4Si3/c1-10(2)11(13)14-9-17-12(15-18(3,4)5)16-19(6,7)8/h12H,1,9H2,2-8H3. The molecule has 0 spiro atoms. The second-order valence-electron chi connectivity index (χ2n) is 6.35. The summed E-state index contributed by atoms with van der Waals surface area (Å²) in [5, 5.41) is 0. The molecule has 0 aromatic rings. The maximum atomic E-state index is 11.3. The summed E-state index contributed by atoms with van der Waals surface area (Å²) in [6.45, 7) is 17.9. The lowest BCUT2D eigenvalue weighted by Crippen LogP contribution is -2.44.